The molecule has 1 saturated carbocycles. The number of nitrogens with one attached hydrogen (secondary N) is 1. The average molecular weight is 922 g/mol. The van der Waals surface area contributed by atoms with Crippen molar-refractivity contribution >= 4 is 13.7 Å². The van der Waals surface area contributed by atoms with Crippen LogP contribution in [0.25, 0.3) is 0 Å². The van der Waals surface area contributed by atoms with Gasteiger partial charge in [0, 0.05) is 0 Å². The van der Waals surface area contributed by atoms with E-state index in [1.165, 1.54) is 122 Å². The monoisotopic (exact) mass is 922 g/mol. The van der Waals surface area contributed by atoms with Crippen LogP contribution in [0.5, 0.6) is 0 Å². The Balaban J connectivity index is 2.43. The minimum atomic E-state index is -5.12. The third-order valence-electron chi connectivity index (χ3n) is 12.6. The van der Waals surface area contributed by atoms with Crippen molar-refractivity contribution in [2.75, 3.05) is 6.61 Å². The Morgan fingerprint density at radius 2 is 0.889 bits per heavy atom. The standard InChI is InChI=1S/C49H96NO12P/c1-3-5-7-9-11-13-15-17-18-19-20-21-22-23-25-26-28-30-32-34-36-40(51)38-43(53)50-41(42(52)37-35-33-31-29-27-24-16-14-12-10-8-6-4-2)39-61-63(59,60)62-49-47(57)45(55)44(54)46(56)48(49)58/h22-23,40-42,44-49,51-52,54-58H,3-21,24-39H2,1-2H3,(H,50,53)(H,59,60)/b23-22-. The Bertz CT molecular complexity index is 1130. The van der Waals surface area contributed by atoms with Crippen molar-refractivity contribution < 1.29 is 59.0 Å². The van der Waals surface area contributed by atoms with E-state index in [1.807, 2.05) is 0 Å². The van der Waals surface area contributed by atoms with E-state index in [4.69, 9.17) is 9.05 Å². The van der Waals surface area contributed by atoms with Crippen molar-refractivity contribution in [1.29, 1.82) is 0 Å². The molecular formula is C49H96NO12P. The molecule has 14 heteroatoms. The minimum absolute atomic E-state index is 0.224. The van der Waals surface area contributed by atoms with Crippen LogP contribution in [0.1, 0.15) is 232 Å². The molecule has 1 aliphatic rings. The smallest absolute Gasteiger partial charge is 0.393 e. The lowest BCUT2D eigenvalue weighted by Gasteiger charge is -2.41. The molecule has 1 aliphatic carbocycles. The molecule has 0 aromatic rings. The molecule has 0 heterocycles. The van der Waals surface area contributed by atoms with E-state index in [2.05, 4.69) is 31.3 Å². The van der Waals surface area contributed by atoms with E-state index in [0.717, 1.165) is 70.6 Å². The van der Waals surface area contributed by atoms with Crippen molar-refractivity contribution in [3.8, 4) is 0 Å². The lowest BCUT2D eigenvalue weighted by Crippen LogP contribution is -2.64. The largest absolute Gasteiger partial charge is 0.472 e. The number of hydrogen-bond acceptors (Lipinski definition) is 11. The number of hydrogen-bond donors (Lipinski definition) is 9. The van der Waals surface area contributed by atoms with E-state index >= 15 is 0 Å². The maximum atomic E-state index is 13.0. The zero-order chi connectivity index (χ0) is 46.6. The molecule has 0 aliphatic heterocycles. The van der Waals surface area contributed by atoms with Crippen LogP contribution in [0, 0.1) is 0 Å². The third-order valence-corrected chi connectivity index (χ3v) is 13.6. The number of phosphoric ester groups is 1. The van der Waals surface area contributed by atoms with E-state index < -0.39 is 75.2 Å². The molecule has 9 N–H and O–H groups in total. The maximum Gasteiger partial charge on any atom is 0.472 e. The number of unbranched alkanes of at least 4 members (excludes halogenated alkanes) is 28. The summed E-state index contributed by atoms with van der Waals surface area (Å²) >= 11 is 0. The van der Waals surface area contributed by atoms with Gasteiger partial charge in [-0.15, -0.1) is 0 Å². The van der Waals surface area contributed by atoms with Gasteiger partial charge in [-0.1, -0.05) is 199 Å². The van der Waals surface area contributed by atoms with Crippen molar-refractivity contribution in [1.82, 2.24) is 5.32 Å². The lowest BCUT2D eigenvalue weighted by molar-refractivity contribution is -0.220. The van der Waals surface area contributed by atoms with Crippen LogP contribution in [0.4, 0.5) is 0 Å². The van der Waals surface area contributed by atoms with Crippen LogP contribution in [0.2, 0.25) is 0 Å². The number of carbonyl (C=O) groups is 1. The molecule has 63 heavy (non-hydrogen) atoms. The summed E-state index contributed by atoms with van der Waals surface area (Å²) in [6.45, 7) is 3.80. The van der Waals surface area contributed by atoms with Gasteiger partial charge in [-0.2, -0.15) is 0 Å². The van der Waals surface area contributed by atoms with Gasteiger partial charge in [0.25, 0.3) is 0 Å². The Labute approximate surface area is 382 Å². The number of aliphatic hydroxyl groups is 7. The number of phosphoric acid groups is 1. The van der Waals surface area contributed by atoms with Gasteiger partial charge >= 0.3 is 7.82 Å². The first-order valence-corrected chi connectivity index (χ1v) is 27.2. The molecule has 8 unspecified atom stereocenters. The number of amides is 1. The van der Waals surface area contributed by atoms with Crippen LogP contribution in [0.3, 0.4) is 0 Å². The van der Waals surface area contributed by atoms with Gasteiger partial charge in [0.15, 0.2) is 0 Å². The summed E-state index contributed by atoms with van der Waals surface area (Å²) in [5.74, 6) is -0.562. The van der Waals surface area contributed by atoms with Gasteiger partial charge in [0.1, 0.15) is 36.6 Å². The molecule has 0 spiro atoms. The molecule has 1 rings (SSSR count). The van der Waals surface area contributed by atoms with Crippen LogP contribution in [-0.2, 0) is 18.4 Å². The van der Waals surface area contributed by atoms with Crippen LogP contribution < -0.4 is 5.32 Å². The second-order valence-electron chi connectivity index (χ2n) is 18.6. The molecule has 0 saturated heterocycles. The van der Waals surface area contributed by atoms with Gasteiger partial charge in [0.05, 0.1) is 31.3 Å². The first-order valence-electron chi connectivity index (χ1n) is 25.7. The summed E-state index contributed by atoms with van der Waals surface area (Å²) in [5.41, 5.74) is 0. The summed E-state index contributed by atoms with van der Waals surface area (Å²) in [4.78, 5) is 23.5. The van der Waals surface area contributed by atoms with Gasteiger partial charge in [-0.3, -0.25) is 13.8 Å². The summed E-state index contributed by atoms with van der Waals surface area (Å²) in [7, 11) is -5.12. The van der Waals surface area contributed by atoms with Gasteiger partial charge in [-0.25, -0.2) is 4.57 Å². The quantitative estimate of drug-likeness (QED) is 0.0158. The fraction of sp³-hybridized carbons (Fsp3) is 0.939. The SMILES string of the molecule is CCCCCCCCCCCCC/C=C\CCCCCCCC(O)CC(=O)NC(COP(=O)(O)OC1C(O)C(O)C(O)C(O)C1O)C(O)CCCCCCCCCCCCCCC. The second-order valence-corrected chi connectivity index (χ2v) is 20.0. The molecule has 0 bridgehead atoms. The minimum Gasteiger partial charge on any atom is -0.393 e. The van der Waals surface area contributed by atoms with Gasteiger partial charge in [0.2, 0.25) is 5.91 Å². The number of carbonyl (C=O) groups excluding carboxylic acids is 1. The fourth-order valence-electron chi connectivity index (χ4n) is 8.42. The highest BCUT2D eigenvalue weighted by Crippen LogP contribution is 2.47. The van der Waals surface area contributed by atoms with Gasteiger partial charge < -0.3 is 46.0 Å². The van der Waals surface area contributed by atoms with E-state index in [9.17, 15) is 50.0 Å². The Morgan fingerprint density at radius 3 is 1.30 bits per heavy atom. The van der Waals surface area contributed by atoms with E-state index in [1.54, 1.807) is 0 Å². The maximum absolute atomic E-state index is 13.0. The molecule has 13 nitrogen and oxygen atoms in total. The molecule has 0 radical (unpaired) electrons. The summed E-state index contributed by atoms with van der Waals surface area (Å²) < 4.78 is 23.0. The molecule has 374 valence electrons. The molecule has 0 aromatic carbocycles. The molecule has 1 amide bonds. The van der Waals surface area contributed by atoms with Crippen LogP contribution >= 0.6 is 7.82 Å². The van der Waals surface area contributed by atoms with Crippen LogP contribution in [-0.4, -0.2) is 108 Å². The fourth-order valence-corrected chi connectivity index (χ4v) is 9.38. The van der Waals surface area contributed by atoms with E-state index in [-0.39, 0.29) is 12.8 Å². The van der Waals surface area contributed by atoms with Crippen LogP contribution in [0.15, 0.2) is 12.2 Å². The van der Waals surface area contributed by atoms with Crippen molar-refractivity contribution in [2.45, 2.75) is 287 Å². The van der Waals surface area contributed by atoms with Crippen molar-refractivity contribution in [2.24, 2.45) is 0 Å². The van der Waals surface area contributed by atoms with Crippen molar-refractivity contribution in [3.63, 3.8) is 0 Å². The topological polar surface area (TPSA) is 226 Å². The highest BCUT2D eigenvalue weighted by molar-refractivity contribution is 7.47. The lowest BCUT2D eigenvalue weighted by atomic mass is 9.85. The molecule has 8 atom stereocenters. The highest BCUT2D eigenvalue weighted by atomic mass is 31.2. The first kappa shape index (κ1) is 60.1. The molecule has 1 fully saturated rings. The number of allylic oxidation sites excluding steroid dienone is 2. The Hall–Kier alpha value is -0.960. The van der Waals surface area contributed by atoms with Gasteiger partial charge in [-0.05, 0) is 38.5 Å². The van der Waals surface area contributed by atoms with E-state index in [0.29, 0.717) is 12.8 Å². The van der Waals surface area contributed by atoms with Crippen molar-refractivity contribution in [3.05, 3.63) is 12.2 Å². The normalized spacial score (nSPS) is 22.9. The molecular weight excluding hydrogens is 826 g/mol. The summed E-state index contributed by atoms with van der Waals surface area (Å²) in [6.07, 6.45) is 28.3. The summed E-state index contributed by atoms with van der Waals surface area (Å²) in [6, 6.07) is -1.15. The predicted molar refractivity (Wildman–Crippen MR) is 252 cm³/mol. The molecule has 0 aromatic heterocycles. The first-order chi connectivity index (χ1) is 30.3. The average Bonchev–Trinajstić information content (AvgIpc) is 3.26. The Morgan fingerprint density at radius 1 is 0.540 bits per heavy atom. The zero-order valence-corrected chi connectivity index (χ0v) is 40.7. The highest BCUT2D eigenvalue weighted by Gasteiger charge is 2.51. The Kier molecular flexibility index (Phi) is 37.3. The third kappa shape index (κ3) is 30.9. The second kappa shape index (κ2) is 39.1. The number of rotatable bonds is 43. The number of aliphatic hydroxyl groups excluding tert-OH is 7. The zero-order valence-electron chi connectivity index (χ0n) is 39.8. The summed E-state index contributed by atoms with van der Waals surface area (Å²) in [5, 5.41) is 74.7. The predicted octanol–water partition coefficient (Wildman–Crippen LogP) is 9.37.